The molecule has 0 N–H and O–H groups in total. The summed E-state index contributed by atoms with van der Waals surface area (Å²) in [7, 11) is 0. The highest BCUT2D eigenvalue weighted by atomic mass is 16.7. The zero-order valence-electron chi connectivity index (χ0n) is 22.9. The zero-order valence-corrected chi connectivity index (χ0v) is 22.9. The van der Waals surface area contributed by atoms with Crippen molar-refractivity contribution in [2.45, 2.75) is 103 Å². The first-order valence-electron chi connectivity index (χ1n) is 14.9. The number of piperidine rings is 2. The summed E-state index contributed by atoms with van der Waals surface area (Å²) in [4.78, 5) is 34.1. The molecule has 2 fully saturated rings. The van der Waals surface area contributed by atoms with Crippen LogP contribution in [0.4, 0.5) is 4.79 Å². The largest absolute Gasteiger partial charge is 0.454 e. The monoisotopic (exact) mass is 511 g/mol. The van der Waals surface area contributed by atoms with Crippen molar-refractivity contribution < 1.29 is 19.1 Å². The van der Waals surface area contributed by atoms with Gasteiger partial charge < -0.3 is 24.2 Å². The van der Waals surface area contributed by atoms with Gasteiger partial charge in [0.25, 0.3) is 0 Å². The minimum absolute atomic E-state index is 0.00274. The molecule has 1 aromatic carbocycles. The van der Waals surface area contributed by atoms with Crippen molar-refractivity contribution in [3.05, 3.63) is 23.3 Å². The fourth-order valence-corrected chi connectivity index (χ4v) is 6.87. The van der Waals surface area contributed by atoms with E-state index >= 15 is 0 Å². The summed E-state index contributed by atoms with van der Waals surface area (Å²) in [5.74, 6) is 1.74. The molecule has 5 rings (SSSR count). The van der Waals surface area contributed by atoms with Gasteiger partial charge in [-0.25, -0.2) is 4.79 Å². The number of fused-ring (bicyclic) bond motifs is 5. The Bertz CT molecular complexity index is 954. The smallest absolute Gasteiger partial charge is 0.320 e. The number of rotatable bonds is 10. The van der Waals surface area contributed by atoms with Gasteiger partial charge >= 0.3 is 6.03 Å². The molecule has 7 nitrogen and oxygen atoms in total. The maximum Gasteiger partial charge on any atom is 0.320 e. The molecule has 0 saturated carbocycles. The molecule has 204 valence electrons. The van der Waals surface area contributed by atoms with Gasteiger partial charge in [-0.15, -0.1) is 0 Å². The molecule has 7 heteroatoms. The van der Waals surface area contributed by atoms with Crippen molar-refractivity contribution in [1.82, 2.24) is 14.7 Å². The van der Waals surface area contributed by atoms with E-state index < -0.39 is 0 Å². The van der Waals surface area contributed by atoms with Crippen LogP contribution in [-0.4, -0.2) is 65.7 Å². The fraction of sp³-hybridized carbons (Fsp3) is 0.733. The van der Waals surface area contributed by atoms with Crippen molar-refractivity contribution in [2.24, 2.45) is 5.92 Å². The molecule has 3 unspecified atom stereocenters. The third kappa shape index (κ3) is 5.42. The molecular formula is C30H45N3O4. The molecule has 1 aromatic rings. The van der Waals surface area contributed by atoms with E-state index in [0.717, 1.165) is 76.2 Å². The van der Waals surface area contributed by atoms with Crippen molar-refractivity contribution in [3.63, 3.8) is 0 Å². The van der Waals surface area contributed by atoms with Crippen LogP contribution in [0.5, 0.6) is 11.5 Å². The SMILES string of the molecule is CCCCCCN(CCCCCC)C(=O)N1CCCC2C(=O)N3CCc4cc5c(cc4C3CC21)OCO5. The maximum atomic E-state index is 14.0. The molecule has 0 bridgehead atoms. The number of urea groups is 1. The number of hydrogen-bond donors (Lipinski definition) is 0. The number of amides is 3. The normalized spacial score (nSPS) is 23.9. The number of hydrogen-bond acceptors (Lipinski definition) is 4. The van der Waals surface area contributed by atoms with E-state index in [2.05, 4.69) is 40.7 Å². The number of carbonyl (C=O) groups is 2. The predicted octanol–water partition coefficient (Wildman–Crippen LogP) is 5.91. The van der Waals surface area contributed by atoms with Gasteiger partial charge in [-0.05, 0) is 61.8 Å². The molecule has 4 aliphatic heterocycles. The van der Waals surface area contributed by atoms with Crippen molar-refractivity contribution in [2.75, 3.05) is 33.0 Å². The van der Waals surface area contributed by atoms with Crippen LogP contribution in [0.3, 0.4) is 0 Å². The first-order chi connectivity index (χ1) is 18.1. The lowest BCUT2D eigenvalue weighted by Gasteiger charge is -2.52. The Kier molecular flexibility index (Phi) is 8.46. The van der Waals surface area contributed by atoms with E-state index in [1.807, 2.05) is 0 Å². The van der Waals surface area contributed by atoms with Gasteiger partial charge in [0.05, 0.1) is 12.0 Å². The van der Waals surface area contributed by atoms with Gasteiger partial charge in [-0.3, -0.25) is 4.79 Å². The molecule has 0 radical (unpaired) electrons. The van der Waals surface area contributed by atoms with Gasteiger partial charge in [0.1, 0.15) is 0 Å². The van der Waals surface area contributed by atoms with E-state index in [9.17, 15) is 9.59 Å². The minimum atomic E-state index is -0.0773. The van der Waals surface area contributed by atoms with Gasteiger partial charge in [-0.2, -0.15) is 0 Å². The average Bonchev–Trinajstić information content (AvgIpc) is 3.38. The molecule has 2 saturated heterocycles. The standard InChI is InChI=1S/C30H45N3O4/c1-3-5-7-9-14-31(15-10-8-6-4-2)30(35)33-16-11-12-23-25(33)20-26-24-19-28-27(36-21-37-28)18-22(24)13-17-32(26)29(23)34/h18-19,23,25-26H,3-17,20-21H2,1-2H3. The Hall–Kier alpha value is -2.44. The summed E-state index contributed by atoms with van der Waals surface area (Å²) in [6.07, 6.45) is 12.7. The first-order valence-corrected chi connectivity index (χ1v) is 14.9. The lowest BCUT2D eigenvalue weighted by Crippen LogP contribution is -2.61. The van der Waals surface area contributed by atoms with Gasteiger partial charge in [0.2, 0.25) is 12.7 Å². The second-order valence-corrected chi connectivity index (χ2v) is 11.3. The van der Waals surface area contributed by atoms with Crippen molar-refractivity contribution in [1.29, 1.82) is 0 Å². The van der Waals surface area contributed by atoms with Crippen LogP contribution < -0.4 is 9.47 Å². The summed E-state index contributed by atoms with van der Waals surface area (Å²) in [6, 6.07) is 4.32. The Morgan fingerprint density at radius 2 is 1.68 bits per heavy atom. The summed E-state index contributed by atoms with van der Waals surface area (Å²) in [5, 5.41) is 0. The summed E-state index contributed by atoms with van der Waals surface area (Å²) >= 11 is 0. The van der Waals surface area contributed by atoms with Crippen LogP contribution in [-0.2, 0) is 11.2 Å². The number of benzene rings is 1. The minimum Gasteiger partial charge on any atom is -0.454 e. The summed E-state index contributed by atoms with van der Waals surface area (Å²) in [6.45, 7) is 7.86. The molecule has 0 aromatic heterocycles. The molecule has 4 aliphatic rings. The van der Waals surface area contributed by atoms with Gasteiger partial charge in [-0.1, -0.05) is 52.4 Å². The number of nitrogens with zero attached hydrogens (tertiary/aromatic N) is 3. The summed E-state index contributed by atoms with van der Waals surface area (Å²) in [5.41, 5.74) is 2.43. The Morgan fingerprint density at radius 1 is 0.973 bits per heavy atom. The number of unbranched alkanes of at least 4 members (excludes halogenated alkanes) is 6. The molecule has 0 aliphatic carbocycles. The quantitative estimate of drug-likeness (QED) is 0.367. The van der Waals surface area contributed by atoms with Crippen molar-refractivity contribution >= 4 is 11.9 Å². The Labute approximate surface area is 222 Å². The van der Waals surface area contributed by atoms with E-state index in [-0.39, 0.29) is 36.7 Å². The van der Waals surface area contributed by atoms with Crippen LogP contribution in [0.15, 0.2) is 12.1 Å². The van der Waals surface area contributed by atoms with Gasteiger partial charge in [0, 0.05) is 32.2 Å². The van der Waals surface area contributed by atoms with Crippen LogP contribution >= 0.6 is 0 Å². The first kappa shape index (κ1) is 26.2. The molecule has 37 heavy (non-hydrogen) atoms. The fourth-order valence-electron chi connectivity index (χ4n) is 6.87. The lowest BCUT2D eigenvalue weighted by atomic mass is 9.76. The van der Waals surface area contributed by atoms with Gasteiger partial charge in [0.15, 0.2) is 11.5 Å². The molecule has 0 spiro atoms. The highest BCUT2D eigenvalue weighted by Gasteiger charge is 2.49. The molecule has 3 amide bonds. The van der Waals surface area contributed by atoms with E-state index in [4.69, 9.17) is 9.47 Å². The Balaban J connectivity index is 1.35. The van der Waals surface area contributed by atoms with E-state index in [1.54, 1.807) is 0 Å². The summed E-state index contributed by atoms with van der Waals surface area (Å²) < 4.78 is 11.3. The average molecular weight is 512 g/mol. The Morgan fingerprint density at radius 3 is 2.38 bits per heavy atom. The lowest BCUT2D eigenvalue weighted by molar-refractivity contribution is -0.148. The molecule has 3 atom stereocenters. The highest BCUT2D eigenvalue weighted by Crippen LogP contribution is 2.47. The molecule has 4 heterocycles. The second kappa shape index (κ2) is 12.0. The third-order valence-corrected chi connectivity index (χ3v) is 8.92. The number of carbonyl (C=O) groups excluding carboxylic acids is 2. The van der Waals surface area contributed by atoms with Crippen LogP contribution in [0.2, 0.25) is 0 Å². The van der Waals surface area contributed by atoms with Crippen LogP contribution in [0, 0.1) is 5.92 Å². The molecular weight excluding hydrogens is 466 g/mol. The van der Waals surface area contributed by atoms with Crippen molar-refractivity contribution in [3.8, 4) is 11.5 Å². The number of likely N-dealkylation sites (tertiary alicyclic amines) is 1. The topological polar surface area (TPSA) is 62.3 Å². The third-order valence-electron chi connectivity index (χ3n) is 8.92. The highest BCUT2D eigenvalue weighted by molar-refractivity contribution is 5.84. The number of ether oxygens (including phenoxy) is 2. The van der Waals surface area contributed by atoms with Crippen LogP contribution in [0.25, 0.3) is 0 Å². The maximum absolute atomic E-state index is 14.0. The van der Waals surface area contributed by atoms with Crippen LogP contribution in [0.1, 0.15) is 102 Å². The zero-order chi connectivity index (χ0) is 25.8. The van der Waals surface area contributed by atoms with E-state index in [0.29, 0.717) is 0 Å². The second-order valence-electron chi connectivity index (χ2n) is 11.3. The predicted molar refractivity (Wildman–Crippen MR) is 144 cm³/mol. The van der Waals surface area contributed by atoms with E-state index in [1.165, 1.54) is 49.7 Å².